The summed E-state index contributed by atoms with van der Waals surface area (Å²) in [6.07, 6.45) is 7.57. The number of amides is 1. The van der Waals surface area contributed by atoms with Crippen LogP contribution in [0.15, 0.2) is 11.1 Å². The third-order valence-corrected chi connectivity index (χ3v) is 8.02. The molecule has 4 rings (SSSR count). The predicted octanol–water partition coefficient (Wildman–Crippen LogP) is 5.01. The molecule has 0 aromatic carbocycles. The summed E-state index contributed by atoms with van der Waals surface area (Å²) >= 11 is 3.02. The van der Waals surface area contributed by atoms with Crippen molar-refractivity contribution < 1.29 is 4.79 Å². The molecule has 2 aromatic heterocycles. The highest BCUT2D eigenvalue weighted by Crippen LogP contribution is 2.37. The molecule has 0 bridgehead atoms. The first-order valence-corrected chi connectivity index (χ1v) is 12.3. The molecule has 0 spiro atoms. The average Bonchev–Trinajstić information content (AvgIpc) is 3.10. The number of hydrogen-bond donors (Lipinski definition) is 1. The molecule has 0 radical (unpaired) electrons. The summed E-state index contributed by atoms with van der Waals surface area (Å²) in [4.78, 5) is 18.5. The van der Waals surface area contributed by atoms with Gasteiger partial charge in [0.2, 0.25) is 5.91 Å². The van der Waals surface area contributed by atoms with Crippen molar-refractivity contribution in [3.05, 3.63) is 38.9 Å². The fourth-order valence-electron chi connectivity index (χ4n) is 4.22. The number of anilines is 1. The van der Waals surface area contributed by atoms with E-state index in [2.05, 4.69) is 24.4 Å². The van der Waals surface area contributed by atoms with E-state index in [0.717, 1.165) is 61.2 Å². The van der Waals surface area contributed by atoms with Gasteiger partial charge in [0, 0.05) is 22.7 Å². The summed E-state index contributed by atoms with van der Waals surface area (Å²) in [6.45, 7) is 2.23. The van der Waals surface area contributed by atoms with E-state index in [1.165, 1.54) is 22.2 Å². The second-order valence-corrected chi connectivity index (χ2v) is 10.3. The van der Waals surface area contributed by atoms with Gasteiger partial charge in [0.05, 0.1) is 11.1 Å². The van der Waals surface area contributed by atoms with Crippen LogP contribution in [0.3, 0.4) is 0 Å². The van der Waals surface area contributed by atoms with Gasteiger partial charge in [-0.2, -0.15) is 10.5 Å². The number of aromatic nitrogens is 1. The second-order valence-electron chi connectivity index (χ2n) is 8.08. The molecule has 2 aliphatic rings. The third-order valence-electron chi connectivity index (χ3n) is 5.82. The molecule has 5 nitrogen and oxygen atoms in total. The van der Waals surface area contributed by atoms with Gasteiger partial charge in [-0.05, 0) is 68.1 Å². The van der Waals surface area contributed by atoms with Crippen molar-refractivity contribution in [2.75, 3.05) is 11.1 Å². The first-order valence-electron chi connectivity index (χ1n) is 10.5. The van der Waals surface area contributed by atoms with Crippen LogP contribution < -0.4 is 5.32 Å². The smallest absolute Gasteiger partial charge is 0.225 e. The van der Waals surface area contributed by atoms with Gasteiger partial charge in [-0.15, -0.1) is 23.1 Å². The van der Waals surface area contributed by atoms with Crippen LogP contribution >= 0.6 is 23.1 Å². The summed E-state index contributed by atoms with van der Waals surface area (Å²) < 4.78 is 0. The molecule has 0 aliphatic heterocycles. The molecule has 2 aliphatic carbocycles. The van der Waals surface area contributed by atoms with Crippen LogP contribution in [0.1, 0.15) is 65.4 Å². The summed E-state index contributed by atoms with van der Waals surface area (Å²) in [5.74, 6) is 1.09. The number of thiophene rings is 1. The zero-order chi connectivity index (χ0) is 21.1. The number of pyridine rings is 1. The molecule has 154 valence electrons. The predicted molar refractivity (Wildman–Crippen MR) is 120 cm³/mol. The van der Waals surface area contributed by atoms with Crippen molar-refractivity contribution in [3.8, 4) is 12.1 Å². The first kappa shape index (κ1) is 20.9. The minimum Gasteiger partial charge on any atom is -0.317 e. The maximum Gasteiger partial charge on any atom is 0.225 e. The van der Waals surface area contributed by atoms with Gasteiger partial charge in [0.15, 0.2) is 0 Å². The van der Waals surface area contributed by atoms with Crippen LogP contribution in [0.2, 0.25) is 0 Å². The Morgan fingerprint density at radius 3 is 2.93 bits per heavy atom. The summed E-state index contributed by atoms with van der Waals surface area (Å²) in [6, 6.07) is 6.53. The van der Waals surface area contributed by atoms with E-state index in [1.54, 1.807) is 11.3 Å². The van der Waals surface area contributed by atoms with Crippen LogP contribution in [-0.2, 0) is 30.5 Å². The highest BCUT2D eigenvalue weighted by atomic mass is 32.2. The first-order chi connectivity index (χ1) is 14.6. The number of hydrogen-bond acceptors (Lipinski definition) is 6. The number of nitrogens with one attached hydrogen (secondary N) is 1. The molecular weight excluding hydrogens is 412 g/mol. The Hall–Kier alpha value is -2.35. The molecule has 0 saturated heterocycles. The molecule has 1 atom stereocenters. The van der Waals surface area contributed by atoms with Crippen molar-refractivity contribution in [2.24, 2.45) is 5.92 Å². The number of carbonyl (C=O) groups excluding carboxylic acids is 1. The van der Waals surface area contributed by atoms with E-state index in [-0.39, 0.29) is 5.91 Å². The normalized spacial score (nSPS) is 17.4. The third kappa shape index (κ3) is 4.38. The minimum absolute atomic E-state index is 0.0945. The number of thioether (sulfide) groups is 1. The molecule has 1 unspecified atom stereocenters. The largest absolute Gasteiger partial charge is 0.317 e. The number of nitriles is 2. The van der Waals surface area contributed by atoms with Gasteiger partial charge in [-0.3, -0.25) is 4.79 Å². The molecule has 0 saturated carbocycles. The summed E-state index contributed by atoms with van der Waals surface area (Å²) in [7, 11) is 0. The summed E-state index contributed by atoms with van der Waals surface area (Å²) in [5, 5.41) is 23.4. The Balaban J connectivity index is 1.38. The topological polar surface area (TPSA) is 89.6 Å². The molecule has 1 amide bonds. The molecule has 30 heavy (non-hydrogen) atoms. The van der Waals surface area contributed by atoms with Gasteiger partial charge in [0.25, 0.3) is 0 Å². The lowest BCUT2D eigenvalue weighted by molar-refractivity contribution is -0.115. The highest BCUT2D eigenvalue weighted by molar-refractivity contribution is 7.99. The monoisotopic (exact) mass is 436 g/mol. The molecule has 2 heterocycles. The molecule has 0 fully saturated rings. The summed E-state index contributed by atoms with van der Waals surface area (Å²) in [5.41, 5.74) is 4.67. The van der Waals surface area contributed by atoms with Gasteiger partial charge < -0.3 is 5.32 Å². The second kappa shape index (κ2) is 9.20. The zero-order valence-corrected chi connectivity index (χ0v) is 18.7. The molecule has 7 heteroatoms. The van der Waals surface area contributed by atoms with E-state index < -0.39 is 0 Å². The molecule has 2 aromatic rings. The Labute approximate surface area is 185 Å². The van der Waals surface area contributed by atoms with E-state index >= 15 is 0 Å². The van der Waals surface area contributed by atoms with Crippen LogP contribution in [0.4, 0.5) is 5.00 Å². The lowest BCUT2D eigenvalue weighted by Crippen LogP contribution is -2.14. The Bertz CT molecular complexity index is 1060. The maximum atomic E-state index is 12.5. The number of fused-ring (bicyclic) bond motifs is 2. The number of aryl methyl sites for hydroxylation is 2. The zero-order valence-electron chi connectivity index (χ0n) is 17.1. The van der Waals surface area contributed by atoms with Gasteiger partial charge in [0.1, 0.15) is 22.2 Å². The van der Waals surface area contributed by atoms with Crippen molar-refractivity contribution in [2.45, 2.75) is 63.3 Å². The molecule has 1 N–H and O–H groups in total. The Morgan fingerprint density at radius 2 is 2.13 bits per heavy atom. The maximum absolute atomic E-state index is 12.5. The minimum atomic E-state index is -0.0945. The van der Waals surface area contributed by atoms with Crippen LogP contribution in [0.25, 0.3) is 0 Å². The highest BCUT2D eigenvalue weighted by Gasteiger charge is 2.22. The molecular formula is C23H24N4OS2. The van der Waals surface area contributed by atoms with Gasteiger partial charge in [-0.25, -0.2) is 4.98 Å². The van der Waals surface area contributed by atoms with E-state index in [4.69, 9.17) is 4.98 Å². The standard InChI is InChI=1S/C23H24N4OS2/c1-14-6-7-19-15(10-14)11-16(12-24)22(26-19)29-9-8-21(28)27-23-18(13-25)17-4-2-3-5-20(17)30-23/h11,14H,2-10H2,1H3,(H,27,28). The number of carbonyl (C=O) groups is 1. The lowest BCUT2D eigenvalue weighted by Gasteiger charge is -2.21. The number of nitrogens with zero attached hydrogens (tertiary/aromatic N) is 3. The fraction of sp³-hybridized carbons (Fsp3) is 0.478. The SMILES string of the molecule is CC1CCc2nc(SCCC(=O)Nc3sc4c(c3C#N)CCCC4)c(C#N)cc2C1. The lowest BCUT2D eigenvalue weighted by atomic mass is 9.87. The van der Waals surface area contributed by atoms with Gasteiger partial charge >= 0.3 is 0 Å². The van der Waals surface area contributed by atoms with Crippen molar-refractivity contribution >= 4 is 34.0 Å². The average molecular weight is 437 g/mol. The van der Waals surface area contributed by atoms with E-state index in [9.17, 15) is 15.3 Å². The quantitative estimate of drug-likeness (QED) is 0.665. The Kier molecular flexibility index (Phi) is 6.41. The van der Waals surface area contributed by atoms with E-state index in [0.29, 0.717) is 34.2 Å². The Morgan fingerprint density at radius 1 is 1.30 bits per heavy atom. The van der Waals surface area contributed by atoms with E-state index in [1.807, 2.05) is 6.07 Å². The van der Waals surface area contributed by atoms with Gasteiger partial charge in [-0.1, -0.05) is 6.92 Å². The van der Waals surface area contributed by atoms with Crippen LogP contribution in [0.5, 0.6) is 0 Å². The van der Waals surface area contributed by atoms with Crippen LogP contribution in [0, 0.1) is 28.6 Å². The number of rotatable bonds is 5. The van der Waals surface area contributed by atoms with Crippen molar-refractivity contribution in [1.29, 1.82) is 10.5 Å². The fourth-order valence-corrected chi connectivity index (χ4v) is 6.39. The van der Waals surface area contributed by atoms with Crippen molar-refractivity contribution in [3.63, 3.8) is 0 Å². The van der Waals surface area contributed by atoms with Crippen molar-refractivity contribution in [1.82, 2.24) is 4.98 Å². The van der Waals surface area contributed by atoms with Crippen LogP contribution in [-0.4, -0.2) is 16.6 Å².